The number of hydrogen-bond donors (Lipinski definition) is 1. The Hall–Kier alpha value is -1.75. The van der Waals surface area contributed by atoms with Crippen molar-refractivity contribution in [2.75, 3.05) is 33.4 Å². The van der Waals surface area contributed by atoms with Crippen LogP contribution in [0.25, 0.3) is 0 Å². The van der Waals surface area contributed by atoms with Gasteiger partial charge in [0.2, 0.25) is 0 Å². The first-order valence-electron chi connectivity index (χ1n) is 9.36. The Morgan fingerprint density at radius 2 is 2.00 bits per heavy atom. The molecule has 1 aromatic carbocycles. The van der Waals surface area contributed by atoms with E-state index in [4.69, 9.17) is 9.47 Å². The van der Waals surface area contributed by atoms with Crippen LogP contribution in [0, 0.1) is 5.41 Å². The van der Waals surface area contributed by atoms with Crippen molar-refractivity contribution in [3.05, 3.63) is 29.8 Å². The van der Waals surface area contributed by atoms with E-state index in [2.05, 4.69) is 24.4 Å². The van der Waals surface area contributed by atoms with E-state index in [9.17, 15) is 4.79 Å². The number of likely N-dealkylation sites (tertiary alicyclic amines) is 1. The molecule has 25 heavy (non-hydrogen) atoms. The Labute approximate surface area is 150 Å². The molecule has 5 nitrogen and oxygen atoms in total. The molecule has 2 aliphatic heterocycles. The van der Waals surface area contributed by atoms with Gasteiger partial charge in [-0.2, -0.15) is 0 Å². The molecular weight excluding hydrogens is 316 g/mol. The smallest absolute Gasteiger partial charge is 0.317 e. The van der Waals surface area contributed by atoms with E-state index in [1.165, 1.54) is 5.56 Å². The highest BCUT2D eigenvalue weighted by Crippen LogP contribution is 2.39. The molecule has 0 radical (unpaired) electrons. The van der Waals surface area contributed by atoms with Crippen LogP contribution < -0.4 is 10.1 Å². The summed E-state index contributed by atoms with van der Waals surface area (Å²) < 4.78 is 10.7. The molecular formula is C20H30N2O3. The number of benzene rings is 1. The molecule has 138 valence electrons. The number of carbonyl (C=O) groups excluding carboxylic acids is 1. The summed E-state index contributed by atoms with van der Waals surface area (Å²) in [7, 11) is 1.68. The summed E-state index contributed by atoms with van der Waals surface area (Å²) in [6.45, 7) is 5.52. The molecule has 0 unspecified atom stereocenters. The summed E-state index contributed by atoms with van der Waals surface area (Å²) in [5.41, 5.74) is 1.58. The number of amides is 2. The van der Waals surface area contributed by atoms with E-state index in [0.29, 0.717) is 5.41 Å². The minimum Gasteiger partial charge on any atom is -0.497 e. The molecule has 1 spiro atoms. The van der Waals surface area contributed by atoms with Crippen molar-refractivity contribution in [1.82, 2.24) is 10.2 Å². The van der Waals surface area contributed by atoms with Crippen molar-refractivity contribution < 1.29 is 14.3 Å². The quantitative estimate of drug-likeness (QED) is 0.890. The zero-order valence-electron chi connectivity index (χ0n) is 15.4. The Kier molecular flexibility index (Phi) is 5.84. The van der Waals surface area contributed by atoms with E-state index >= 15 is 0 Å². The lowest BCUT2D eigenvalue weighted by molar-refractivity contribution is 0.0208. The maximum absolute atomic E-state index is 12.5. The molecule has 3 rings (SSSR count). The number of ether oxygens (including phenoxy) is 2. The van der Waals surface area contributed by atoms with Gasteiger partial charge in [0, 0.05) is 32.3 Å². The fourth-order valence-corrected chi connectivity index (χ4v) is 3.87. The molecule has 1 atom stereocenters. The van der Waals surface area contributed by atoms with Gasteiger partial charge >= 0.3 is 6.03 Å². The van der Waals surface area contributed by atoms with Crippen molar-refractivity contribution in [2.45, 2.75) is 45.1 Å². The molecule has 1 aromatic rings. The Balaban J connectivity index is 1.42. The van der Waals surface area contributed by atoms with E-state index in [1.807, 2.05) is 17.0 Å². The first-order valence-corrected chi connectivity index (χ1v) is 9.36. The van der Waals surface area contributed by atoms with Gasteiger partial charge in [-0.3, -0.25) is 0 Å². The van der Waals surface area contributed by atoms with Crippen LogP contribution in [0.3, 0.4) is 0 Å². The van der Waals surface area contributed by atoms with Gasteiger partial charge in [-0.15, -0.1) is 0 Å². The number of rotatable bonds is 5. The molecule has 0 bridgehead atoms. The minimum absolute atomic E-state index is 0.0885. The standard InChI is InChI=1S/C20H30N2O3/c1-16(3-4-17-5-7-18(24-2)8-6-17)21-19(23)22-12-9-20(15-22)10-13-25-14-11-20/h5-8,16H,3-4,9-15H2,1-2H3,(H,21,23)/t16-/m0/s1. The van der Waals surface area contributed by atoms with Gasteiger partial charge in [0.05, 0.1) is 7.11 Å². The molecule has 1 N–H and O–H groups in total. The summed E-state index contributed by atoms with van der Waals surface area (Å²) in [6, 6.07) is 8.39. The van der Waals surface area contributed by atoms with E-state index in [-0.39, 0.29) is 12.1 Å². The average Bonchev–Trinajstić information content (AvgIpc) is 3.04. The van der Waals surface area contributed by atoms with Crippen LogP contribution in [0.15, 0.2) is 24.3 Å². The van der Waals surface area contributed by atoms with Crippen LogP contribution >= 0.6 is 0 Å². The number of carbonyl (C=O) groups is 1. The topological polar surface area (TPSA) is 50.8 Å². The van der Waals surface area contributed by atoms with Crippen LogP contribution in [-0.2, 0) is 11.2 Å². The van der Waals surface area contributed by atoms with E-state index in [1.54, 1.807) is 7.11 Å². The van der Waals surface area contributed by atoms with Gasteiger partial charge < -0.3 is 19.7 Å². The number of nitrogens with zero attached hydrogens (tertiary/aromatic N) is 1. The molecule has 0 aromatic heterocycles. The van der Waals surface area contributed by atoms with Gasteiger partial charge in [0.25, 0.3) is 0 Å². The summed E-state index contributed by atoms with van der Waals surface area (Å²) in [6.07, 6.45) is 5.18. The highest BCUT2D eigenvalue weighted by Gasteiger charge is 2.41. The molecule has 2 heterocycles. The van der Waals surface area contributed by atoms with Crippen LogP contribution in [0.1, 0.15) is 38.2 Å². The second-order valence-electron chi connectivity index (χ2n) is 7.52. The molecule has 2 saturated heterocycles. The van der Waals surface area contributed by atoms with Gasteiger partial charge in [-0.1, -0.05) is 12.1 Å². The molecule has 5 heteroatoms. The number of nitrogens with one attached hydrogen (secondary N) is 1. The molecule has 0 saturated carbocycles. The third kappa shape index (κ3) is 4.66. The third-order valence-corrected chi connectivity index (χ3v) is 5.67. The Morgan fingerprint density at radius 1 is 1.28 bits per heavy atom. The molecule has 2 fully saturated rings. The first-order chi connectivity index (χ1) is 12.1. The molecule has 2 amide bonds. The summed E-state index contributed by atoms with van der Waals surface area (Å²) in [4.78, 5) is 14.5. The Morgan fingerprint density at radius 3 is 2.68 bits per heavy atom. The second kappa shape index (κ2) is 8.09. The van der Waals surface area contributed by atoms with Crippen molar-refractivity contribution in [1.29, 1.82) is 0 Å². The van der Waals surface area contributed by atoms with Gasteiger partial charge in [-0.25, -0.2) is 4.79 Å². The van der Waals surface area contributed by atoms with E-state index < -0.39 is 0 Å². The average molecular weight is 346 g/mol. The van der Waals surface area contributed by atoms with Crippen molar-refractivity contribution in [3.8, 4) is 5.75 Å². The maximum Gasteiger partial charge on any atom is 0.317 e. The van der Waals surface area contributed by atoms with Crippen LogP contribution in [-0.4, -0.2) is 50.4 Å². The zero-order chi connectivity index (χ0) is 17.7. The van der Waals surface area contributed by atoms with Gasteiger partial charge in [0.1, 0.15) is 5.75 Å². The SMILES string of the molecule is COc1ccc(CC[C@H](C)NC(=O)N2CCC3(CCOCC3)C2)cc1. The minimum atomic E-state index is 0.0885. The first kappa shape index (κ1) is 18.1. The molecule has 2 aliphatic rings. The number of hydrogen-bond acceptors (Lipinski definition) is 3. The fraction of sp³-hybridized carbons (Fsp3) is 0.650. The highest BCUT2D eigenvalue weighted by atomic mass is 16.5. The highest BCUT2D eigenvalue weighted by molar-refractivity contribution is 5.74. The maximum atomic E-state index is 12.5. The second-order valence-corrected chi connectivity index (χ2v) is 7.52. The van der Waals surface area contributed by atoms with Crippen LogP contribution in [0.5, 0.6) is 5.75 Å². The Bertz CT molecular complexity index is 567. The summed E-state index contributed by atoms with van der Waals surface area (Å²) >= 11 is 0. The van der Waals surface area contributed by atoms with Gasteiger partial charge in [-0.05, 0) is 62.1 Å². The van der Waals surface area contributed by atoms with Crippen molar-refractivity contribution in [2.24, 2.45) is 5.41 Å². The summed E-state index contributed by atoms with van der Waals surface area (Å²) in [5.74, 6) is 0.876. The van der Waals surface area contributed by atoms with Crippen LogP contribution in [0.2, 0.25) is 0 Å². The third-order valence-electron chi connectivity index (χ3n) is 5.67. The van der Waals surface area contributed by atoms with Crippen molar-refractivity contribution in [3.63, 3.8) is 0 Å². The largest absolute Gasteiger partial charge is 0.497 e. The number of urea groups is 1. The lowest BCUT2D eigenvalue weighted by atomic mass is 9.80. The van der Waals surface area contributed by atoms with Gasteiger partial charge in [0.15, 0.2) is 0 Å². The van der Waals surface area contributed by atoms with Crippen molar-refractivity contribution >= 4 is 6.03 Å². The lowest BCUT2D eigenvalue weighted by Gasteiger charge is -2.33. The van der Waals surface area contributed by atoms with Crippen LogP contribution in [0.4, 0.5) is 4.79 Å². The zero-order valence-corrected chi connectivity index (χ0v) is 15.4. The predicted octanol–water partition coefficient (Wildman–Crippen LogP) is 3.23. The van der Waals surface area contributed by atoms with E-state index in [0.717, 1.165) is 64.2 Å². The molecule has 0 aliphatic carbocycles. The summed E-state index contributed by atoms with van der Waals surface area (Å²) in [5, 5.41) is 3.17. The monoisotopic (exact) mass is 346 g/mol. The number of methoxy groups -OCH3 is 1. The fourth-order valence-electron chi connectivity index (χ4n) is 3.87. The number of aryl methyl sites for hydroxylation is 1. The predicted molar refractivity (Wildman–Crippen MR) is 98.0 cm³/mol. The normalized spacial score (nSPS) is 20.5. The lowest BCUT2D eigenvalue weighted by Crippen LogP contribution is -2.44.